The third-order valence-corrected chi connectivity index (χ3v) is 2.46. The van der Waals surface area contributed by atoms with E-state index in [2.05, 4.69) is 22.9 Å². The van der Waals surface area contributed by atoms with E-state index in [4.69, 9.17) is 10.5 Å². The summed E-state index contributed by atoms with van der Waals surface area (Å²) in [7, 11) is 0. The molecule has 0 heterocycles. The average molecular weight is 244 g/mol. The molecule has 0 aliphatic carbocycles. The predicted octanol–water partition coefficient (Wildman–Crippen LogP) is 2.70. The van der Waals surface area contributed by atoms with Gasteiger partial charge in [0.05, 0.1) is 6.61 Å². The van der Waals surface area contributed by atoms with Gasteiger partial charge < -0.3 is 10.5 Å². The predicted molar refractivity (Wildman–Crippen MR) is 57.8 cm³/mol. The lowest BCUT2D eigenvalue weighted by atomic mass is 10.2. The Morgan fingerprint density at radius 3 is 2.77 bits per heavy atom. The zero-order valence-corrected chi connectivity index (χ0v) is 9.30. The summed E-state index contributed by atoms with van der Waals surface area (Å²) in [5, 5.41) is 0. The van der Waals surface area contributed by atoms with Crippen molar-refractivity contribution in [3.8, 4) is 5.75 Å². The maximum Gasteiger partial charge on any atom is 0.120 e. The van der Waals surface area contributed by atoms with E-state index in [1.807, 2.05) is 18.2 Å². The largest absolute Gasteiger partial charge is 0.494 e. The normalized spacial score (nSPS) is 10.1. The van der Waals surface area contributed by atoms with Crippen molar-refractivity contribution < 1.29 is 4.74 Å². The smallest absolute Gasteiger partial charge is 0.120 e. The van der Waals surface area contributed by atoms with Gasteiger partial charge in [-0.3, -0.25) is 0 Å². The van der Waals surface area contributed by atoms with Crippen molar-refractivity contribution in [1.29, 1.82) is 0 Å². The van der Waals surface area contributed by atoms with E-state index in [0.29, 0.717) is 6.54 Å². The first kappa shape index (κ1) is 10.5. The highest BCUT2D eigenvalue weighted by Crippen LogP contribution is 2.22. The number of halogens is 1. The number of hydrogen-bond donors (Lipinski definition) is 1. The van der Waals surface area contributed by atoms with Crippen LogP contribution in [-0.2, 0) is 6.54 Å². The lowest BCUT2D eigenvalue weighted by molar-refractivity contribution is 0.317. The number of nitrogens with two attached hydrogens (primary N) is 1. The molecule has 0 amide bonds. The summed E-state index contributed by atoms with van der Waals surface area (Å²) in [5.74, 6) is 0.894. The Labute approximate surface area is 87.2 Å². The molecule has 1 aromatic rings. The minimum atomic E-state index is 0.550. The van der Waals surface area contributed by atoms with Crippen molar-refractivity contribution >= 4 is 15.9 Å². The van der Waals surface area contributed by atoms with Crippen molar-refractivity contribution in [2.24, 2.45) is 5.73 Å². The average Bonchev–Trinajstić information content (AvgIpc) is 2.15. The van der Waals surface area contributed by atoms with Crippen molar-refractivity contribution in [2.45, 2.75) is 19.9 Å². The van der Waals surface area contributed by atoms with Crippen LogP contribution in [0.3, 0.4) is 0 Å². The first-order valence-electron chi connectivity index (χ1n) is 4.39. The molecule has 13 heavy (non-hydrogen) atoms. The van der Waals surface area contributed by atoms with Gasteiger partial charge in [-0.25, -0.2) is 0 Å². The van der Waals surface area contributed by atoms with Crippen LogP contribution in [0.2, 0.25) is 0 Å². The van der Waals surface area contributed by atoms with Crippen molar-refractivity contribution in [1.82, 2.24) is 0 Å². The highest BCUT2D eigenvalue weighted by molar-refractivity contribution is 9.10. The molecule has 0 atom stereocenters. The van der Waals surface area contributed by atoms with E-state index >= 15 is 0 Å². The van der Waals surface area contributed by atoms with Crippen LogP contribution in [0.5, 0.6) is 5.75 Å². The second kappa shape index (κ2) is 5.25. The number of hydrogen-bond acceptors (Lipinski definition) is 2. The van der Waals surface area contributed by atoms with Crippen LogP contribution in [0, 0.1) is 0 Å². The molecule has 0 fully saturated rings. The zero-order chi connectivity index (χ0) is 9.68. The van der Waals surface area contributed by atoms with E-state index in [1.54, 1.807) is 0 Å². The number of rotatable bonds is 4. The lowest BCUT2D eigenvalue weighted by Crippen LogP contribution is -1.99. The van der Waals surface area contributed by atoms with Crippen LogP contribution in [0.4, 0.5) is 0 Å². The Balaban J connectivity index is 2.71. The van der Waals surface area contributed by atoms with Gasteiger partial charge in [0.2, 0.25) is 0 Å². The van der Waals surface area contributed by atoms with E-state index in [9.17, 15) is 0 Å². The molecule has 0 spiro atoms. The molecule has 0 saturated heterocycles. The van der Waals surface area contributed by atoms with E-state index in [-0.39, 0.29) is 0 Å². The fraction of sp³-hybridized carbons (Fsp3) is 0.400. The highest BCUT2D eigenvalue weighted by atomic mass is 79.9. The van der Waals surface area contributed by atoms with E-state index < -0.39 is 0 Å². The van der Waals surface area contributed by atoms with Gasteiger partial charge in [-0.15, -0.1) is 0 Å². The second-order valence-corrected chi connectivity index (χ2v) is 3.66. The molecule has 0 saturated carbocycles. The van der Waals surface area contributed by atoms with Gasteiger partial charge >= 0.3 is 0 Å². The Bertz CT molecular complexity index is 276. The SMILES string of the molecule is CCCOc1ccc(CN)c(Br)c1. The van der Waals surface area contributed by atoms with Gasteiger partial charge in [-0.2, -0.15) is 0 Å². The molecule has 0 bridgehead atoms. The molecule has 0 radical (unpaired) electrons. The first-order chi connectivity index (χ1) is 6.27. The molecule has 0 aliphatic heterocycles. The summed E-state index contributed by atoms with van der Waals surface area (Å²) in [4.78, 5) is 0. The van der Waals surface area contributed by atoms with Gasteiger partial charge in [-0.1, -0.05) is 28.9 Å². The van der Waals surface area contributed by atoms with Crippen LogP contribution in [-0.4, -0.2) is 6.61 Å². The fourth-order valence-corrected chi connectivity index (χ4v) is 1.52. The van der Waals surface area contributed by atoms with E-state index in [1.165, 1.54) is 0 Å². The van der Waals surface area contributed by atoms with Gasteiger partial charge in [-0.05, 0) is 24.1 Å². The van der Waals surface area contributed by atoms with Crippen LogP contribution in [0.15, 0.2) is 22.7 Å². The Hall–Kier alpha value is -0.540. The first-order valence-corrected chi connectivity index (χ1v) is 5.18. The zero-order valence-electron chi connectivity index (χ0n) is 7.72. The summed E-state index contributed by atoms with van der Waals surface area (Å²) >= 11 is 3.44. The quantitative estimate of drug-likeness (QED) is 0.883. The summed E-state index contributed by atoms with van der Waals surface area (Å²) in [6, 6.07) is 5.88. The third-order valence-electron chi connectivity index (χ3n) is 1.72. The standard InChI is InChI=1S/C10H14BrNO/c1-2-5-13-9-4-3-8(7-12)10(11)6-9/h3-4,6H,2,5,7,12H2,1H3. The van der Waals surface area contributed by atoms with Gasteiger partial charge in [0.15, 0.2) is 0 Å². The minimum absolute atomic E-state index is 0.550. The monoisotopic (exact) mass is 243 g/mol. The third kappa shape index (κ3) is 3.01. The van der Waals surface area contributed by atoms with E-state index in [0.717, 1.165) is 28.8 Å². The summed E-state index contributed by atoms with van der Waals surface area (Å²) < 4.78 is 6.48. The molecule has 1 rings (SSSR count). The van der Waals surface area contributed by atoms with Crippen LogP contribution in [0.1, 0.15) is 18.9 Å². The van der Waals surface area contributed by atoms with Crippen LogP contribution in [0.25, 0.3) is 0 Å². The molecular weight excluding hydrogens is 230 g/mol. The molecular formula is C10H14BrNO. The van der Waals surface area contributed by atoms with Crippen LogP contribution < -0.4 is 10.5 Å². The molecule has 2 nitrogen and oxygen atoms in total. The van der Waals surface area contributed by atoms with Crippen LogP contribution >= 0.6 is 15.9 Å². The maximum atomic E-state index is 5.53. The summed E-state index contributed by atoms with van der Waals surface area (Å²) in [6.45, 7) is 3.40. The Morgan fingerprint density at radius 2 is 2.23 bits per heavy atom. The summed E-state index contributed by atoms with van der Waals surface area (Å²) in [6.07, 6.45) is 1.02. The molecule has 3 heteroatoms. The molecule has 72 valence electrons. The van der Waals surface area contributed by atoms with Gasteiger partial charge in [0.1, 0.15) is 5.75 Å². The molecule has 2 N–H and O–H groups in total. The molecule has 1 aromatic carbocycles. The lowest BCUT2D eigenvalue weighted by Gasteiger charge is -2.06. The fourth-order valence-electron chi connectivity index (χ4n) is 1.00. The number of ether oxygens (including phenoxy) is 1. The summed E-state index contributed by atoms with van der Waals surface area (Å²) in [5.41, 5.74) is 6.63. The number of benzene rings is 1. The Morgan fingerprint density at radius 1 is 1.46 bits per heavy atom. The molecule has 0 aromatic heterocycles. The van der Waals surface area contributed by atoms with Gasteiger partial charge in [0, 0.05) is 11.0 Å². The highest BCUT2D eigenvalue weighted by Gasteiger charge is 1.99. The van der Waals surface area contributed by atoms with Crippen molar-refractivity contribution in [3.05, 3.63) is 28.2 Å². The second-order valence-electron chi connectivity index (χ2n) is 2.81. The topological polar surface area (TPSA) is 35.2 Å². The molecule has 0 unspecified atom stereocenters. The minimum Gasteiger partial charge on any atom is -0.494 e. The molecule has 0 aliphatic rings. The van der Waals surface area contributed by atoms with Gasteiger partial charge in [0.25, 0.3) is 0 Å². The van der Waals surface area contributed by atoms with Crippen molar-refractivity contribution in [2.75, 3.05) is 6.61 Å². The van der Waals surface area contributed by atoms with Crippen molar-refractivity contribution in [3.63, 3.8) is 0 Å². The Kier molecular flexibility index (Phi) is 4.25. The maximum absolute atomic E-state index is 5.53.